The number of hydrogen-bond acceptors (Lipinski definition) is 6. The van der Waals surface area contributed by atoms with Crippen molar-refractivity contribution in [3.05, 3.63) is 29.3 Å². The highest BCUT2D eigenvalue weighted by Crippen LogP contribution is 2.42. The third kappa shape index (κ3) is 3.28. The fraction of sp³-hybridized carbons (Fsp3) is 0.438. The molecule has 24 heavy (non-hydrogen) atoms. The Morgan fingerprint density at radius 1 is 1.33 bits per heavy atom. The van der Waals surface area contributed by atoms with E-state index in [0.29, 0.717) is 30.0 Å². The second-order valence-electron chi connectivity index (χ2n) is 6.03. The molecule has 1 aromatic heterocycles. The molecule has 1 atom stereocenters. The summed E-state index contributed by atoms with van der Waals surface area (Å²) in [5.41, 5.74) is 0. The molecule has 2 heterocycles. The van der Waals surface area contributed by atoms with Gasteiger partial charge in [0.15, 0.2) is 17.6 Å². The molecule has 1 aliphatic heterocycles. The summed E-state index contributed by atoms with van der Waals surface area (Å²) in [6.45, 7) is 0.841. The van der Waals surface area contributed by atoms with E-state index in [1.807, 2.05) is 24.3 Å². The number of ether oxygens (including phenoxy) is 2. The lowest BCUT2D eigenvalue weighted by Gasteiger charge is -2.29. The zero-order valence-electron chi connectivity index (χ0n) is 13.3. The van der Waals surface area contributed by atoms with Gasteiger partial charge in [-0.3, -0.25) is 5.32 Å². The van der Waals surface area contributed by atoms with Gasteiger partial charge in [-0.25, -0.2) is 4.79 Å². The second-order valence-corrected chi connectivity index (χ2v) is 7.04. The van der Waals surface area contributed by atoms with Crippen LogP contribution >= 0.6 is 11.3 Å². The monoisotopic (exact) mass is 346 g/mol. The molecule has 1 aliphatic carbocycles. The number of rotatable bonds is 4. The van der Waals surface area contributed by atoms with Gasteiger partial charge in [-0.2, -0.15) is 0 Å². The molecule has 126 valence electrons. The maximum absolute atomic E-state index is 12.3. The number of anilines is 1. The smallest absolute Gasteiger partial charge is 0.323 e. The Hall–Kier alpha value is -2.35. The third-order valence-electron chi connectivity index (χ3n) is 3.97. The third-order valence-corrected chi connectivity index (χ3v) is 4.97. The Bertz CT molecular complexity index is 746. The summed E-state index contributed by atoms with van der Waals surface area (Å²) >= 11 is 1.45. The van der Waals surface area contributed by atoms with Gasteiger partial charge < -0.3 is 14.4 Å². The van der Waals surface area contributed by atoms with Crippen molar-refractivity contribution in [2.45, 2.75) is 24.9 Å². The van der Waals surface area contributed by atoms with Crippen LogP contribution in [0.5, 0.6) is 11.5 Å². The van der Waals surface area contributed by atoms with Crippen molar-refractivity contribution in [3.63, 3.8) is 0 Å². The standard InChI is InChI=1S/C16H18N4O3S/c1-20(8-11-9-22-12-4-2-3-5-13(12)23-11)16(21)17-15-19-18-14(24-15)10-6-7-10/h2-5,10-11H,6-9H2,1H3,(H,17,19,21)/t11-/m0/s1. The Labute approximate surface area is 143 Å². The number of carbonyl (C=O) groups excluding carboxylic acids is 1. The van der Waals surface area contributed by atoms with E-state index in [-0.39, 0.29) is 12.1 Å². The predicted molar refractivity (Wildman–Crippen MR) is 89.9 cm³/mol. The molecule has 4 rings (SSSR count). The molecule has 8 heteroatoms. The molecule has 2 amide bonds. The van der Waals surface area contributed by atoms with Gasteiger partial charge in [0.1, 0.15) is 11.6 Å². The minimum atomic E-state index is -0.226. The van der Waals surface area contributed by atoms with Gasteiger partial charge in [0.25, 0.3) is 0 Å². The van der Waals surface area contributed by atoms with Gasteiger partial charge in [0.2, 0.25) is 5.13 Å². The van der Waals surface area contributed by atoms with Crippen LogP contribution in [0.1, 0.15) is 23.8 Å². The van der Waals surface area contributed by atoms with Crippen LogP contribution in [0, 0.1) is 0 Å². The number of nitrogens with zero attached hydrogens (tertiary/aromatic N) is 3. The van der Waals surface area contributed by atoms with Gasteiger partial charge in [-0.15, -0.1) is 10.2 Å². The highest BCUT2D eigenvalue weighted by atomic mass is 32.1. The van der Waals surface area contributed by atoms with E-state index in [2.05, 4.69) is 15.5 Å². The minimum Gasteiger partial charge on any atom is -0.486 e. The second kappa shape index (κ2) is 6.27. The Morgan fingerprint density at radius 2 is 2.12 bits per heavy atom. The lowest BCUT2D eigenvalue weighted by atomic mass is 10.2. The van der Waals surface area contributed by atoms with Crippen molar-refractivity contribution >= 4 is 22.5 Å². The number of carbonyl (C=O) groups is 1. The van der Waals surface area contributed by atoms with Crippen molar-refractivity contribution in [1.82, 2.24) is 15.1 Å². The molecule has 1 aromatic carbocycles. The first-order valence-electron chi connectivity index (χ1n) is 7.93. The maximum atomic E-state index is 12.3. The largest absolute Gasteiger partial charge is 0.486 e. The number of hydrogen-bond donors (Lipinski definition) is 1. The van der Waals surface area contributed by atoms with E-state index >= 15 is 0 Å². The molecule has 7 nitrogen and oxygen atoms in total. The topological polar surface area (TPSA) is 76.6 Å². The van der Waals surface area contributed by atoms with Crippen LogP contribution < -0.4 is 14.8 Å². The molecule has 1 N–H and O–H groups in total. The van der Waals surface area contributed by atoms with Gasteiger partial charge in [-0.05, 0) is 25.0 Å². The van der Waals surface area contributed by atoms with E-state index in [4.69, 9.17) is 9.47 Å². The van der Waals surface area contributed by atoms with Crippen molar-refractivity contribution < 1.29 is 14.3 Å². The van der Waals surface area contributed by atoms with Crippen molar-refractivity contribution in [3.8, 4) is 11.5 Å². The fourth-order valence-electron chi connectivity index (χ4n) is 2.51. The quantitative estimate of drug-likeness (QED) is 0.921. The summed E-state index contributed by atoms with van der Waals surface area (Å²) in [6, 6.07) is 7.31. The summed E-state index contributed by atoms with van der Waals surface area (Å²) in [6.07, 6.45) is 2.14. The zero-order chi connectivity index (χ0) is 16.5. The van der Waals surface area contributed by atoms with Gasteiger partial charge in [0.05, 0.1) is 6.54 Å². The van der Waals surface area contributed by atoms with Crippen molar-refractivity contribution in [2.75, 3.05) is 25.5 Å². The Balaban J connectivity index is 1.32. The molecule has 1 fully saturated rings. The van der Waals surface area contributed by atoms with Gasteiger partial charge in [-0.1, -0.05) is 23.5 Å². The number of amides is 2. The highest BCUT2D eigenvalue weighted by Gasteiger charge is 2.28. The first kappa shape index (κ1) is 15.2. The van der Waals surface area contributed by atoms with Crippen LogP contribution in [0.25, 0.3) is 0 Å². The van der Waals surface area contributed by atoms with E-state index < -0.39 is 0 Å². The van der Waals surface area contributed by atoms with Crippen LogP contribution in [0.2, 0.25) is 0 Å². The molecular weight excluding hydrogens is 328 g/mol. The molecule has 0 saturated heterocycles. The molecule has 2 aliphatic rings. The first-order valence-corrected chi connectivity index (χ1v) is 8.74. The number of fused-ring (bicyclic) bond motifs is 1. The minimum absolute atomic E-state index is 0.202. The first-order chi connectivity index (χ1) is 11.7. The number of likely N-dealkylation sites (N-methyl/N-ethyl adjacent to an activating group) is 1. The van der Waals surface area contributed by atoms with E-state index in [0.717, 1.165) is 10.8 Å². The Morgan fingerprint density at radius 3 is 2.92 bits per heavy atom. The predicted octanol–water partition coefficient (Wildman–Crippen LogP) is 2.72. The van der Waals surface area contributed by atoms with Gasteiger partial charge >= 0.3 is 6.03 Å². The molecule has 0 bridgehead atoms. The summed E-state index contributed by atoms with van der Waals surface area (Å²) in [5.74, 6) is 1.99. The summed E-state index contributed by atoms with van der Waals surface area (Å²) < 4.78 is 11.5. The molecule has 0 radical (unpaired) electrons. The average Bonchev–Trinajstić information content (AvgIpc) is 3.34. The zero-order valence-corrected chi connectivity index (χ0v) is 14.1. The highest BCUT2D eigenvalue weighted by molar-refractivity contribution is 7.15. The maximum Gasteiger partial charge on any atom is 0.323 e. The number of benzene rings is 1. The van der Waals surface area contributed by atoms with Crippen LogP contribution in [-0.4, -0.2) is 47.4 Å². The molecule has 2 aromatic rings. The van der Waals surface area contributed by atoms with Crippen LogP contribution in [0.15, 0.2) is 24.3 Å². The van der Waals surface area contributed by atoms with Crippen LogP contribution in [0.4, 0.5) is 9.93 Å². The van der Waals surface area contributed by atoms with Crippen LogP contribution in [0.3, 0.4) is 0 Å². The normalized spacial score (nSPS) is 19.0. The molecule has 0 unspecified atom stereocenters. The summed E-state index contributed by atoms with van der Waals surface area (Å²) in [7, 11) is 1.72. The molecule has 1 saturated carbocycles. The number of urea groups is 1. The van der Waals surface area contributed by atoms with Gasteiger partial charge in [0, 0.05) is 13.0 Å². The van der Waals surface area contributed by atoms with E-state index in [1.54, 1.807) is 11.9 Å². The number of nitrogens with one attached hydrogen (secondary N) is 1. The van der Waals surface area contributed by atoms with Crippen LogP contribution in [-0.2, 0) is 0 Å². The summed E-state index contributed by atoms with van der Waals surface area (Å²) in [4.78, 5) is 13.9. The van der Waals surface area contributed by atoms with Crippen molar-refractivity contribution in [2.24, 2.45) is 0 Å². The lowest BCUT2D eigenvalue weighted by molar-refractivity contribution is 0.0731. The van der Waals surface area contributed by atoms with E-state index in [9.17, 15) is 4.79 Å². The number of para-hydroxylation sites is 2. The van der Waals surface area contributed by atoms with Crippen molar-refractivity contribution in [1.29, 1.82) is 0 Å². The molecule has 0 spiro atoms. The number of aromatic nitrogens is 2. The summed E-state index contributed by atoms with van der Waals surface area (Å²) in [5, 5.41) is 12.5. The Kier molecular flexibility index (Phi) is 3.97. The fourth-order valence-corrected chi connectivity index (χ4v) is 3.41. The average molecular weight is 346 g/mol. The lowest BCUT2D eigenvalue weighted by Crippen LogP contribution is -2.43. The molecular formula is C16H18N4O3S. The van der Waals surface area contributed by atoms with E-state index in [1.165, 1.54) is 24.2 Å². The SMILES string of the molecule is CN(C[C@H]1COc2ccccc2O1)C(=O)Nc1nnc(C2CC2)s1.